The van der Waals surface area contributed by atoms with E-state index in [-0.39, 0.29) is 35.1 Å². The molecule has 0 radical (unpaired) electrons. The third-order valence-corrected chi connectivity index (χ3v) is 6.26. The SMILES string of the molecule is CC(C)(C)OC(=O)NCC[C@H](NC(=O)[C@@H]1Cc2cc(F)ccc2CN1)C(=O)Nc1ccc(Cl)c(Cl)c1F. The Morgan fingerprint density at radius 3 is 2.57 bits per heavy atom. The van der Waals surface area contributed by atoms with Crippen LogP contribution < -0.4 is 21.3 Å². The topological polar surface area (TPSA) is 109 Å². The summed E-state index contributed by atoms with van der Waals surface area (Å²) in [6.45, 7) is 5.44. The number of carbonyl (C=O) groups excluding carboxylic acids is 3. The molecule has 12 heteroatoms. The Morgan fingerprint density at radius 2 is 1.86 bits per heavy atom. The number of hydrogen-bond donors (Lipinski definition) is 4. The Bertz CT molecular complexity index is 1190. The Labute approximate surface area is 223 Å². The van der Waals surface area contributed by atoms with Crippen molar-refractivity contribution in [2.75, 3.05) is 11.9 Å². The lowest BCUT2D eigenvalue weighted by atomic mass is 9.95. The first kappa shape index (κ1) is 28.6. The van der Waals surface area contributed by atoms with Gasteiger partial charge in [0.25, 0.3) is 0 Å². The summed E-state index contributed by atoms with van der Waals surface area (Å²) < 4.78 is 33.3. The van der Waals surface area contributed by atoms with Gasteiger partial charge in [-0.1, -0.05) is 29.3 Å². The van der Waals surface area contributed by atoms with E-state index in [1.807, 2.05) is 0 Å². The van der Waals surface area contributed by atoms with Gasteiger partial charge in [0.15, 0.2) is 5.82 Å². The van der Waals surface area contributed by atoms with Crippen molar-refractivity contribution >= 4 is 46.8 Å². The maximum absolute atomic E-state index is 14.5. The molecule has 0 spiro atoms. The largest absolute Gasteiger partial charge is 0.444 e. The molecule has 2 aromatic carbocycles. The van der Waals surface area contributed by atoms with Crippen LogP contribution in [0.2, 0.25) is 10.0 Å². The van der Waals surface area contributed by atoms with Crippen molar-refractivity contribution in [3.05, 3.63) is 63.1 Å². The molecule has 2 aromatic rings. The Balaban J connectivity index is 1.71. The number of anilines is 1. The van der Waals surface area contributed by atoms with E-state index in [0.29, 0.717) is 12.1 Å². The van der Waals surface area contributed by atoms with Gasteiger partial charge in [-0.15, -0.1) is 0 Å². The smallest absolute Gasteiger partial charge is 0.407 e. The first-order valence-electron chi connectivity index (χ1n) is 11.6. The van der Waals surface area contributed by atoms with Crippen LogP contribution in [-0.4, -0.2) is 42.1 Å². The Morgan fingerprint density at radius 1 is 1.14 bits per heavy atom. The average Bonchev–Trinajstić information content (AvgIpc) is 2.82. The van der Waals surface area contributed by atoms with E-state index in [4.69, 9.17) is 27.9 Å². The van der Waals surface area contributed by atoms with Crippen LogP contribution in [0.5, 0.6) is 0 Å². The van der Waals surface area contributed by atoms with Gasteiger partial charge < -0.3 is 26.0 Å². The van der Waals surface area contributed by atoms with Crippen LogP contribution in [0.1, 0.15) is 38.3 Å². The maximum Gasteiger partial charge on any atom is 0.407 e. The number of nitrogens with one attached hydrogen (secondary N) is 4. The van der Waals surface area contributed by atoms with Crippen LogP contribution in [0.4, 0.5) is 19.3 Å². The molecule has 1 heterocycles. The number of benzene rings is 2. The van der Waals surface area contributed by atoms with Gasteiger partial charge in [0.1, 0.15) is 17.5 Å². The lowest BCUT2D eigenvalue weighted by Crippen LogP contribution is -2.54. The molecule has 2 atom stereocenters. The minimum Gasteiger partial charge on any atom is -0.444 e. The lowest BCUT2D eigenvalue weighted by molar-refractivity contribution is -0.128. The number of halogens is 4. The van der Waals surface area contributed by atoms with Crippen LogP contribution in [0.3, 0.4) is 0 Å². The molecule has 0 aliphatic carbocycles. The fourth-order valence-corrected chi connectivity index (χ4v) is 3.99. The number of amides is 3. The van der Waals surface area contributed by atoms with Crippen molar-refractivity contribution in [2.45, 2.75) is 57.8 Å². The zero-order valence-corrected chi connectivity index (χ0v) is 22.0. The molecule has 3 rings (SSSR count). The molecule has 0 unspecified atom stereocenters. The molecule has 8 nitrogen and oxygen atoms in total. The van der Waals surface area contributed by atoms with E-state index in [1.54, 1.807) is 26.8 Å². The molecular formula is C25H28Cl2F2N4O4. The number of carbonyl (C=O) groups is 3. The summed E-state index contributed by atoms with van der Waals surface area (Å²) in [5, 5.41) is 10.2. The second kappa shape index (κ2) is 12.1. The van der Waals surface area contributed by atoms with E-state index in [9.17, 15) is 23.2 Å². The van der Waals surface area contributed by atoms with Crippen LogP contribution in [0, 0.1) is 11.6 Å². The van der Waals surface area contributed by atoms with E-state index in [1.165, 1.54) is 24.3 Å². The fourth-order valence-electron chi connectivity index (χ4n) is 3.68. The lowest BCUT2D eigenvalue weighted by Gasteiger charge is -2.27. The molecule has 1 aliphatic rings. The fraction of sp³-hybridized carbons (Fsp3) is 0.400. The first-order chi connectivity index (χ1) is 17.3. The summed E-state index contributed by atoms with van der Waals surface area (Å²) >= 11 is 11.6. The van der Waals surface area contributed by atoms with Crippen molar-refractivity contribution in [1.82, 2.24) is 16.0 Å². The third kappa shape index (κ3) is 8.02. The van der Waals surface area contributed by atoms with E-state index >= 15 is 0 Å². The molecule has 0 aromatic heterocycles. The van der Waals surface area contributed by atoms with Crippen LogP contribution >= 0.6 is 23.2 Å². The number of rotatable bonds is 7. The van der Waals surface area contributed by atoms with Crippen molar-refractivity contribution in [3.63, 3.8) is 0 Å². The second-order valence-electron chi connectivity index (χ2n) is 9.54. The molecule has 37 heavy (non-hydrogen) atoms. The van der Waals surface area contributed by atoms with Crippen LogP contribution in [0.25, 0.3) is 0 Å². The van der Waals surface area contributed by atoms with Crippen molar-refractivity contribution in [1.29, 1.82) is 0 Å². The monoisotopic (exact) mass is 556 g/mol. The molecule has 3 amide bonds. The van der Waals surface area contributed by atoms with Crippen molar-refractivity contribution in [3.8, 4) is 0 Å². The quantitative estimate of drug-likeness (QED) is 0.380. The van der Waals surface area contributed by atoms with Gasteiger partial charge in [-0.05, 0) is 69.0 Å². The Kier molecular flexibility index (Phi) is 9.33. The molecule has 0 saturated carbocycles. The molecule has 0 saturated heterocycles. The van der Waals surface area contributed by atoms with Gasteiger partial charge in [-0.25, -0.2) is 13.6 Å². The summed E-state index contributed by atoms with van der Waals surface area (Å²) in [4.78, 5) is 38.1. The van der Waals surface area contributed by atoms with Gasteiger partial charge in [0, 0.05) is 13.1 Å². The zero-order valence-electron chi connectivity index (χ0n) is 20.5. The third-order valence-electron chi connectivity index (χ3n) is 5.48. The zero-order chi connectivity index (χ0) is 27.3. The normalized spacial score (nSPS) is 15.8. The molecule has 0 fully saturated rings. The highest BCUT2D eigenvalue weighted by Gasteiger charge is 2.29. The van der Waals surface area contributed by atoms with Gasteiger partial charge in [0.2, 0.25) is 11.8 Å². The van der Waals surface area contributed by atoms with Gasteiger partial charge in [-0.3, -0.25) is 9.59 Å². The summed E-state index contributed by atoms with van der Waals surface area (Å²) in [5.74, 6) is -2.58. The number of hydrogen-bond acceptors (Lipinski definition) is 5. The average molecular weight is 557 g/mol. The highest BCUT2D eigenvalue weighted by molar-refractivity contribution is 6.42. The predicted octanol–water partition coefficient (Wildman–Crippen LogP) is 4.32. The minimum absolute atomic E-state index is 0.0244. The standard InChI is InChI=1S/C25H28Cl2F2N4O4/c1-25(2,3)37-24(36)30-9-8-18(22(34)32-17-7-6-16(26)20(27)21(17)29)33-23(35)19-11-14-10-15(28)5-4-13(14)12-31-19/h4-7,10,18-19,31H,8-9,11-12H2,1-3H3,(H,30,36)(H,32,34)(H,33,35)/t18-,19-/m0/s1. The van der Waals surface area contributed by atoms with E-state index < -0.39 is 47.2 Å². The summed E-state index contributed by atoms with van der Waals surface area (Å²) in [6, 6.07) is 5.04. The van der Waals surface area contributed by atoms with E-state index in [0.717, 1.165) is 5.56 Å². The summed E-state index contributed by atoms with van der Waals surface area (Å²) in [6.07, 6.45) is -0.510. The minimum atomic E-state index is -1.16. The highest BCUT2D eigenvalue weighted by Crippen LogP contribution is 2.30. The molecule has 1 aliphatic heterocycles. The Hall–Kier alpha value is -2.95. The van der Waals surface area contributed by atoms with Gasteiger partial charge in [-0.2, -0.15) is 0 Å². The number of fused-ring (bicyclic) bond motifs is 1. The first-order valence-corrected chi connectivity index (χ1v) is 12.3. The second-order valence-corrected chi connectivity index (χ2v) is 10.3. The maximum atomic E-state index is 14.5. The van der Waals surface area contributed by atoms with Crippen LogP contribution in [0.15, 0.2) is 30.3 Å². The summed E-state index contributed by atoms with van der Waals surface area (Å²) in [7, 11) is 0. The number of alkyl carbamates (subject to hydrolysis) is 1. The number of ether oxygens (including phenoxy) is 1. The molecule has 0 bridgehead atoms. The highest BCUT2D eigenvalue weighted by atomic mass is 35.5. The van der Waals surface area contributed by atoms with E-state index in [2.05, 4.69) is 21.3 Å². The van der Waals surface area contributed by atoms with Gasteiger partial charge in [0.05, 0.1) is 21.8 Å². The molecule has 4 N–H and O–H groups in total. The predicted molar refractivity (Wildman–Crippen MR) is 137 cm³/mol. The van der Waals surface area contributed by atoms with Gasteiger partial charge >= 0.3 is 6.09 Å². The van der Waals surface area contributed by atoms with Crippen molar-refractivity contribution in [2.24, 2.45) is 0 Å². The molecule has 200 valence electrons. The summed E-state index contributed by atoms with van der Waals surface area (Å²) in [5.41, 5.74) is 0.614. The van der Waals surface area contributed by atoms with Crippen molar-refractivity contribution < 1.29 is 27.9 Å². The van der Waals surface area contributed by atoms with Crippen LogP contribution in [-0.2, 0) is 27.3 Å². The molecular weight excluding hydrogens is 529 g/mol.